The van der Waals surface area contributed by atoms with Crippen molar-refractivity contribution in [3.63, 3.8) is 0 Å². The number of halogens is 2. The summed E-state index contributed by atoms with van der Waals surface area (Å²) in [6, 6.07) is 9.70. The molecule has 104 valence electrons. The molecular weight excluding hydrogens is 340 g/mol. The van der Waals surface area contributed by atoms with Crippen LogP contribution in [0, 0.1) is 0 Å². The second-order valence-electron chi connectivity index (χ2n) is 4.94. The van der Waals surface area contributed by atoms with Crippen molar-refractivity contribution >= 4 is 33.4 Å². The highest BCUT2D eigenvalue weighted by molar-refractivity contribution is 9.10. The number of hydrogen-bond acceptors (Lipinski definition) is 1. The van der Waals surface area contributed by atoms with Gasteiger partial charge in [-0.2, -0.15) is 0 Å². The number of carbonyl (C=O) groups excluding carboxylic acids is 1. The second-order valence-corrected chi connectivity index (χ2v) is 6.30. The molecule has 1 fully saturated rings. The standard InChI is InChI=1S/C15H14BrClN2O/c16-11-8-13(18-9-11)15(20)19-6-2-5-14(19)10-3-1-4-12(17)7-10/h1,3-4,7-9,14,18H,2,5-6H2. The van der Waals surface area contributed by atoms with E-state index in [1.165, 1.54) is 0 Å². The van der Waals surface area contributed by atoms with Crippen molar-refractivity contribution in [1.29, 1.82) is 0 Å². The summed E-state index contributed by atoms with van der Waals surface area (Å²) < 4.78 is 0.888. The SMILES string of the molecule is O=C(c1cc(Br)c[nH]1)N1CCCC1c1cccc(Cl)c1. The first kappa shape index (κ1) is 13.7. The third-order valence-corrected chi connectivity index (χ3v) is 4.32. The van der Waals surface area contributed by atoms with E-state index < -0.39 is 0 Å². The zero-order valence-electron chi connectivity index (χ0n) is 10.8. The first-order valence-corrected chi connectivity index (χ1v) is 7.72. The maximum atomic E-state index is 12.6. The molecule has 5 heteroatoms. The molecular formula is C15H14BrClN2O. The van der Waals surface area contributed by atoms with Gasteiger partial charge < -0.3 is 9.88 Å². The maximum absolute atomic E-state index is 12.6. The largest absolute Gasteiger partial charge is 0.356 e. The van der Waals surface area contributed by atoms with E-state index in [0.717, 1.165) is 29.4 Å². The second kappa shape index (κ2) is 5.62. The molecule has 1 aromatic carbocycles. The minimum absolute atomic E-state index is 0.0400. The van der Waals surface area contributed by atoms with Crippen LogP contribution in [0.15, 0.2) is 41.0 Å². The van der Waals surface area contributed by atoms with Crippen LogP contribution in [0.5, 0.6) is 0 Å². The van der Waals surface area contributed by atoms with Crippen LogP contribution in [0.2, 0.25) is 5.02 Å². The molecule has 0 saturated carbocycles. The lowest BCUT2D eigenvalue weighted by molar-refractivity contribution is 0.0730. The minimum atomic E-state index is 0.0400. The smallest absolute Gasteiger partial charge is 0.270 e. The highest BCUT2D eigenvalue weighted by Crippen LogP contribution is 2.34. The molecule has 0 spiro atoms. The number of aromatic nitrogens is 1. The predicted molar refractivity (Wildman–Crippen MR) is 83.0 cm³/mol. The summed E-state index contributed by atoms with van der Waals surface area (Å²) in [4.78, 5) is 17.5. The van der Waals surface area contributed by atoms with Crippen LogP contribution in [-0.2, 0) is 0 Å². The summed E-state index contributed by atoms with van der Waals surface area (Å²) in [6.45, 7) is 0.784. The van der Waals surface area contributed by atoms with Crippen molar-refractivity contribution in [3.8, 4) is 0 Å². The molecule has 1 amide bonds. The Balaban J connectivity index is 1.87. The van der Waals surface area contributed by atoms with E-state index in [1.807, 2.05) is 35.2 Å². The summed E-state index contributed by atoms with van der Waals surface area (Å²) in [5, 5.41) is 0.712. The van der Waals surface area contributed by atoms with E-state index in [9.17, 15) is 4.79 Å². The van der Waals surface area contributed by atoms with Crippen molar-refractivity contribution in [2.75, 3.05) is 6.54 Å². The first-order valence-electron chi connectivity index (χ1n) is 6.55. The van der Waals surface area contributed by atoms with Gasteiger partial charge in [-0.15, -0.1) is 0 Å². The number of H-pyrrole nitrogens is 1. The van der Waals surface area contributed by atoms with Crippen molar-refractivity contribution in [3.05, 3.63) is 57.3 Å². The molecule has 1 atom stereocenters. The summed E-state index contributed by atoms with van der Waals surface area (Å²) in [6.07, 6.45) is 3.77. The number of nitrogens with zero attached hydrogens (tertiary/aromatic N) is 1. The van der Waals surface area contributed by atoms with Crippen LogP contribution in [0.4, 0.5) is 0 Å². The summed E-state index contributed by atoms with van der Waals surface area (Å²) >= 11 is 9.41. The molecule has 0 aliphatic carbocycles. The van der Waals surface area contributed by atoms with Crippen LogP contribution in [0.3, 0.4) is 0 Å². The summed E-state index contributed by atoms with van der Waals surface area (Å²) in [5.74, 6) is 0.0400. The maximum Gasteiger partial charge on any atom is 0.270 e. The fourth-order valence-electron chi connectivity index (χ4n) is 2.72. The van der Waals surface area contributed by atoms with E-state index in [0.29, 0.717) is 10.7 Å². The number of likely N-dealkylation sites (tertiary alicyclic amines) is 1. The normalized spacial score (nSPS) is 18.5. The highest BCUT2D eigenvalue weighted by atomic mass is 79.9. The monoisotopic (exact) mass is 352 g/mol. The zero-order chi connectivity index (χ0) is 14.1. The fraction of sp³-hybridized carbons (Fsp3) is 0.267. The quantitative estimate of drug-likeness (QED) is 0.853. The average molecular weight is 354 g/mol. The van der Waals surface area contributed by atoms with E-state index in [2.05, 4.69) is 20.9 Å². The van der Waals surface area contributed by atoms with Gasteiger partial charge in [-0.25, -0.2) is 0 Å². The molecule has 0 radical (unpaired) electrons. The van der Waals surface area contributed by atoms with Gasteiger partial charge in [-0.1, -0.05) is 23.7 Å². The lowest BCUT2D eigenvalue weighted by atomic mass is 10.0. The Labute approximate surface area is 131 Å². The molecule has 1 saturated heterocycles. The van der Waals surface area contributed by atoms with Crippen LogP contribution < -0.4 is 0 Å². The van der Waals surface area contributed by atoms with Gasteiger partial charge in [0.05, 0.1) is 6.04 Å². The van der Waals surface area contributed by atoms with E-state index in [-0.39, 0.29) is 11.9 Å². The predicted octanol–water partition coefficient (Wildman–Crippen LogP) is 4.41. The Hall–Kier alpha value is -1.26. The lowest BCUT2D eigenvalue weighted by Crippen LogP contribution is -2.30. The molecule has 3 rings (SSSR count). The number of hydrogen-bond donors (Lipinski definition) is 1. The zero-order valence-corrected chi connectivity index (χ0v) is 13.1. The summed E-state index contributed by atoms with van der Waals surface area (Å²) in [5.41, 5.74) is 1.72. The molecule has 2 aromatic rings. The molecule has 2 heterocycles. The minimum Gasteiger partial charge on any atom is -0.356 e. The van der Waals surface area contributed by atoms with E-state index in [1.54, 1.807) is 6.20 Å². The van der Waals surface area contributed by atoms with Crippen LogP contribution >= 0.6 is 27.5 Å². The van der Waals surface area contributed by atoms with Crippen LogP contribution in [0.1, 0.15) is 34.9 Å². The van der Waals surface area contributed by atoms with Gasteiger partial charge in [-0.05, 0) is 52.5 Å². The van der Waals surface area contributed by atoms with Gasteiger partial charge in [0.15, 0.2) is 0 Å². The number of nitrogens with one attached hydrogen (secondary N) is 1. The number of benzene rings is 1. The number of amides is 1. The molecule has 0 bridgehead atoms. The Kier molecular flexibility index (Phi) is 3.85. The van der Waals surface area contributed by atoms with Gasteiger partial charge in [0.25, 0.3) is 5.91 Å². The van der Waals surface area contributed by atoms with Gasteiger partial charge >= 0.3 is 0 Å². The third kappa shape index (κ3) is 2.63. The number of aromatic amines is 1. The van der Waals surface area contributed by atoms with Gasteiger partial charge in [-0.3, -0.25) is 4.79 Å². The Bertz CT molecular complexity index is 640. The van der Waals surface area contributed by atoms with Gasteiger partial charge in [0, 0.05) is 22.2 Å². The van der Waals surface area contributed by atoms with Crippen LogP contribution in [0.25, 0.3) is 0 Å². The van der Waals surface area contributed by atoms with E-state index >= 15 is 0 Å². The van der Waals surface area contributed by atoms with Crippen molar-refractivity contribution < 1.29 is 4.79 Å². The average Bonchev–Trinajstić information content (AvgIpc) is 3.06. The summed E-state index contributed by atoms with van der Waals surface area (Å²) in [7, 11) is 0. The van der Waals surface area contributed by atoms with Crippen molar-refractivity contribution in [1.82, 2.24) is 9.88 Å². The Morgan fingerprint density at radius 3 is 2.95 bits per heavy atom. The van der Waals surface area contributed by atoms with Gasteiger partial charge in [0.1, 0.15) is 5.69 Å². The molecule has 1 unspecified atom stereocenters. The molecule has 20 heavy (non-hydrogen) atoms. The van der Waals surface area contributed by atoms with Gasteiger partial charge in [0.2, 0.25) is 0 Å². The van der Waals surface area contributed by atoms with Crippen LogP contribution in [-0.4, -0.2) is 22.3 Å². The van der Waals surface area contributed by atoms with Crippen molar-refractivity contribution in [2.45, 2.75) is 18.9 Å². The Morgan fingerprint density at radius 1 is 1.40 bits per heavy atom. The molecule has 1 aromatic heterocycles. The topological polar surface area (TPSA) is 36.1 Å². The fourth-order valence-corrected chi connectivity index (χ4v) is 3.26. The first-order chi connectivity index (χ1) is 9.65. The lowest BCUT2D eigenvalue weighted by Gasteiger charge is -2.24. The third-order valence-electron chi connectivity index (χ3n) is 3.63. The van der Waals surface area contributed by atoms with E-state index in [4.69, 9.17) is 11.6 Å². The Morgan fingerprint density at radius 2 is 2.25 bits per heavy atom. The highest BCUT2D eigenvalue weighted by Gasteiger charge is 2.31. The molecule has 1 aliphatic heterocycles. The number of rotatable bonds is 2. The van der Waals surface area contributed by atoms with Crippen molar-refractivity contribution in [2.24, 2.45) is 0 Å². The molecule has 1 N–H and O–H groups in total. The number of carbonyl (C=O) groups is 1. The molecule has 3 nitrogen and oxygen atoms in total. The molecule has 1 aliphatic rings.